The molecule has 1 unspecified atom stereocenters. The number of carboxylic acids is 1. The first-order valence-corrected chi connectivity index (χ1v) is 9.38. The van der Waals surface area contributed by atoms with Crippen molar-refractivity contribution in [2.24, 2.45) is 11.3 Å². The van der Waals surface area contributed by atoms with E-state index < -0.39 is 11.4 Å². The highest BCUT2D eigenvalue weighted by molar-refractivity contribution is 5.90. The minimum absolute atomic E-state index is 0.211. The van der Waals surface area contributed by atoms with Gasteiger partial charge in [0.15, 0.2) is 0 Å². The molecule has 2 aromatic rings. The summed E-state index contributed by atoms with van der Waals surface area (Å²) in [6.45, 7) is 2.33. The van der Waals surface area contributed by atoms with E-state index in [-0.39, 0.29) is 12.6 Å². The van der Waals surface area contributed by atoms with Crippen molar-refractivity contribution in [3.63, 3.8) is 0 Å². The van der Waals surface area contributed by atoms with E-state index >= 15 is 0 Å². The third kappa shape index (κ3) is 3.67. The van der Waals surface area contributed by atoms with E-state index in [9.17, 15) is 14.7 Å². The van der Waals surface area contributed by atoms with Gasteiger partial charge in [-0.25, -0.2) is 9.48 Å². The number of hydrogen-bond donors (Lipinski definition) is 2. The average molecular weight is 368 g/mol. The van der Waals surface area contributed by atoms with E-state index in [2.05, 4.69) is 10.4 Å². The van der Waals surface area contributed by atoms with Crippen LogP contribution in [0.15, 0.2) is 36.4 Å². The van der Waals surface area contributed by atoms with Crippen LogP contribution in [0.2, 0.25) is 0 Å². The third-order valence-corrected chi connectivity index (χ3v) is 5.47. The highest BCUT2D eigenvalue weighted by Crippen LogP contribution is 2.34. The molecule has 142 valence electrons. The van der Waals surface area contributed by atoms with Gasteiger partial charge in [-0.3, -0.25) is 10.1 Å². The van der Waals surface area contributed by atoms with Crippen molar-refractivity contribution in [2.75, 3.05) is 18.4 Å². The van der Waals surface area contributed by atoms with E-state index in [1.165, 1.54) is 12.8 Å². The number of aromatic nitrogens is 2. The van der Waals surface area contributed by atoms with Crippen LogP contribution in [0.5, 0.6) is 0 Å². The highest BCUT2D eigenvalue weighted by atomic mass is 16.4. The van der Waals surface area contributed by atoms with Crippen molar-refractivity contribution in [1.29, 1.82) is 0 Å². The lowest BCUT2D eigenvalue weighted by atomic mass is 9.90. The summed E-state index contributed by atoms with van der Waals surface area (Å²) in [6.07, 6.45) is 3.85. The van der Waals surface area contributed by atoms with E-state index in [0.29, 0.717) is 24.7 Å². The van der Waals surface area contributed by atoms with Crippen LogP contribution < -0.4 is 5.32 Å². The number of carbonyl (C=O) groups is 2. The zero-order valence-corrected chi connectivity index (χ0v) is 15.4. The summed E-state index contributed by atoms with van der Waals surface area (Å²) in [5, 5.41) is 17.0. The van der Waals surface area contributed by atoms with Gasteiger partial charge >= 0.3 is 12.0 Å². The Bertz CT molecular complexity index is 859. The lowest BCUT2D eigenvalue weighted by Crippen LogP contribution is -2.37. The fourth-order valence-corrected chi connectivity index (χ4v) is 3.50. The molecule has 2 heterocycles. The van der Waals surface area contributed by atoms with E-state index in [1.807, 2.05) is 36.4 Å². The molecule has 0 spiro atoms. The Morgan fingerprint density at radius 2 is 2.04 bits per heavy atom. The Morgan fingerprint density at radius 3 is 2.67 bits per heavy atom. The van der Waals surface area contributed by atoms with Crippen LogP contribution in [-0.2, 0) is 11.2 Å². The van der Waals surface area contributed by atoms with Crippen molar-refractivity contribution in [2.45, 2.75) is 32.6 Å². The number of rotatable bonds is 5. The topological polar surface area (TPSA) is 87.5 Å². The fraction of sp³-hybridized carbons (Fsp3) is 0.450. The number of nitrogens with zero attached hydrogens (tertiary/aromatic N) is 3. The Labute approximate surface area is 158 Å². The molecule has 1 atom stereocenters. The van der Waals surface area contributed by atoms with E-state index in [4.69, 9.17) is 0 Å². The normalized spacial score (nSPS) is 22.0. The molecule has 4 rings (SSSR count). The lowest BCUT2D eigenvalue weighted by molar-refractivity contribution is -0.146. The second-order valence-corrected chi connectivity index (χ2v) is 7.88. The molecule has 2 fully saturated rings. The standard InChI is InChI=1S/C20H24N4O3/c1-20(18(25)26)9-10-23(13-20)19(27)21-17-12-15(11-14-7-8-14)22-24(17)16-5-3-2-4-6-16/h2-6,12,14H,7-11,13H2,1H3,(H,21,27)(H,25,26). The molecule has 1 aliphatic heterocycles. The summed E-state index contributed by atoms with van der Waals surface area (Å²) in [5.74, 6) is 0.451. The molecule has 1 aromatic heterocycles. The summed E-state index contributed by atoms with van der Waals surface area (Å²) < 4.78 is 1.75. The molecule has 2 amide bonds. The van der Waals surface area contributed by atoms with Crippen LogP contribution in [0.1, 0.15) is 31.9 Å². The molecule has 0 bridgehead atoms. The van der Waals surface area contributed by atoms with E-state index in [1.54, 1.807) is 16.5 Å². The number of benzene rings is 1. The highest BCUT2D eigenvalue weighted by Gasteiger charge is 2.42. The summed E-state index contributed by atoms with van der Waals surface area (Å²) in [5.41, 5.74) is 0.967. The van der Waals surface area contributed by atoms with Crippen LogP contribution in [0.25, 0.3) is 5.69 Å². The van der Waals surface area contributed by atoms with Gasteiger partial charge in [-0.1, -0.05) is 18.2 Å². The predicted molar refractivity (Wildman–Crippen MR) is 101 cm³/mol. The number of nitrogens with one attached hydrogen (secondary N) is 1. The van der Waals surface area contributed by atoms with Crippen LogP contribution >= 0.6 is 0 Å². The Morgan fingerprint density at radius 1 is 1.30 bits per heavy atom. The second-order valence-electron chi connectivity index (χ2n) is 7.88. The predicted octanol–water partition coefficient (Wildman–Crippen LogP) is 3.15. The van der Waals surface area contributed by atoms with Crippen molar-refractivity contribution >= 4 is 17.8 Å². The van der Waals surface area contributed by atoms with Crippen LogP contribution in [-0.4, -0.2) is 44.9 Å². The van der Waals surface area contributed by atoms with Gasteiger partial charge in [0.05, 0.1) is 16.8 Å². The van der Waals surface area contributed by atoms with Gasteiger partial charge in [0.1, 0.15) is 5.82 Å². The number of amides is 2. The zero-order chi connectivity index (χ0) is 19.0. The molecular formula is C20H24N4O3. The summed E-state index contributed by atoms with van der Waals surface area (Å²) in [7, 11) is 0. The number of aliphatic carboxylic acids is 1. The Balaban J connectivity index is 1.54. The SMILES string of the molecule is CC1(C(=O)O)CCN(C(=O)Nc2cc(CC3CC3)nn2-c2ccccc2)C1. The minimum atomic E-state index is -0.881. The molecule has 2 N–H and O–H groups in total. The number of para-hydroxylation sites is 1. The van der Waals surface area contributed by atoms with Gasteiger partial charge in [-0.2, -0.15) is 5.10 Å². The quantitative estimate of drug-likeness (QED) is 0.849. The molecule has 1 aromatic carbocycles. The smallest absolute Gasteiger partial charge is 0.323 e. The molecule has 27 heavy (non-hydrogen) atoms. The maximum absolute atomic E-state index is 12.7. The first-order chi connectivity index (χ1) is 12.9. The van der Waals surface area contributed by atoms with Crippen molar-refractivity contribution < 1.29 is 14.7 Å². The number of carbonyl (C=O) groups excluding carboxylic acids is 1. The van der Waals surface area contributed by atoms with Gasteiger partial charge in [0, 0.05) is 19.2 Å². The molecule has 7 heteroatoms. The van der Waals surface area contributed by atoms with E-state index in [0.717, 1.165) is 17.8 Å². The van der Waals surface area contributed by atoms with Crippen LogP contribution in [0, 0.1) is 11.3 Å². The van der Waals surface area contributed by atoms with Gasteiger partial charge in [-0.15, -0.1) is 0 Å². The van der Waals surface area contributed by atoms with Crippen molar-refractivity contribution in [3.8, 4) is 5.69 Å². The second kappa shape index (κ2) is 6.72. The summed E-state index contributed by atoms with van der Waals surface area (Å²) >= 11 is 0. The number of hydrogen-bond acceptors (Lipinski definition) is 3. The first kappa shape index (κ1) is 17.6. The molecule has 0 radical (unpaired) electrons. The maximum atomic E-state index is 12.7. The van der Waals surface area contributed by atoms with Gasteiger partial charge in [0.2, 0.25) is 0 Å². The molecule has 2 aliphatic rings. The third-order valence-electron chi connectivity index (χ3n) is 5.47. The lowest BCUT2D eigenvalue weighted by Gasteiger charge is -2.20. The average Bonchev–Trinajstić information content (AvgIpc) is 3.23. The minimum Gasteiger partial charge on any atom is -0.481 e. The first-order valence-electron chi connectivity index (χ1n) is 9.38. The number of carboxylic acid groups (broad SMARTS) is 1. The molecule has 7 nitrogen and oxygen atoms in total. The van der Waals surface area contributed by atoms with Gasteiger partial charge in [-0.05, 0) is 50.7 Å². The van der Waals surface area contributed by atoms with Crippen LogP contribution in [0.3, 0.4) is 0 Å². The van der Waals surface area contributed by atoms with Gasteiger partial charge < -0.3 is 10.0 Å². The van der Waals surface area contributed by atoms with Crippen molar-refractivity contribution in [3.05, 3.63) is 42.1 Å². The Hall–Kier alpha value is -2.83. The largest absolute Gasteiger partial charge is 0.481 e. The maximum Gasteiger partial charge on any atom is 0.323 e. The fourth-order valence-electron chi connectivity index (χ4n) is 3.50. The number of urea groups is 1. The molecule has 1 aliphatic carbocycles. The van der Waals surface area contributed by atoms with Crippen molar-refractivity contribution in [1.82, 2.24) is 14.7 Å². The van der Waals surface area contributed by atoms with Gasteiger partial charge in [0.25, 0.3) is 0 Å². The zero-order valence-electron chi connectivity index (χ0n) is 15.4. The molecule has 1 saturated carbocycles. The summed E-state index contributed by atoms with van der Waals surface area (Å²) in [4.78, 5) is 25.7. The molecular weight excluding hydrogens is 344 g/mol. The Kier molecular flexibility index (Phi) is 4.37. The van der Waals surface area contributed by atoms with Crippen LogP contribution in [0.4, 0.5) is 10.6 Å². The monoisotopic (exact) mass is 368 g/mol. The summed E-state index contributed by atoms with van der Waals surface area (Å²) in [6, 6.07) is 11.3. The number of anilines is 1. The molecule has 1 saturated heterocycles. The number of likely N-dealkylation sites (tertiary alicyclic amines) is 1.